The summed E-state index contributed by atoms with van der Waals surface area (Å²) in [4.78, 5) is 58.9. The highest BCUT2D eigenvalue weighted by Crippen LogP contribution is 2.49. The summed E-state index contributed by atoms with van der Waals surface area (Å²) in [5, 5.41) is 19.6. The molecule has 8 aliphatic rings. The Morgan fingerprint density at radius 2 is 1.25 bits per heavy atom. The van der Waals surface area contributed by atoms with Gasteiger partial charge in [-0.05, 0) is 168 Å². The lowest BCUT2D eigenvalue weighted by molar-refractivity contribution is -0.131. The Kier molecular flexibility index (Phi) is 15.4. The lowest BCUT2D eigenvalue weighted by Crippen LogP contribution is -2.55. The van der Waals surface area contributed by atoms with E-state index in [0.29, 0.717) is 69.9 Å². The number of hydrogen-bond donors (Lipinski definition) is 0. The second kappa shape index (κ2) is 22.8. The van der Waals surface area contributed by atoms with Crippen molar-refractivity contribution in [2.24, 2.45) is 10.8 Å². The molecule has 7 atom stereocenters. The standard InChI is InChI=1S/C64H77FN12O4/c1-5-57(78)76-29-27-74(38-49(76)18-24-66)58-53-17-23-64(36-56(53)68-61(70-58)80-40-51-11-8-26-72(51)3)21-15-45-31-44(12-13-47(45)34-64)48-32-52(73(4)37-48)41-81-62-69-55-35-63(20-14-43-9-6-7-10-46(43)33-63)22-16-54(55)59(71-62)75-28-30-77(60(79)42(2)65)50(39-75)19-25-67/h5-7,9-10,12-13,31,48-52H,1-2,8,11,14-23,26-30,32-41H2,3-4H3/t48?,49-,50-,51-,52-,63-,64-/m0/s1. The number of amides is 2. The van der Waals surface area contributed by atoms with Gasteiger partial charge in [0.1, 0.15) is 24.8 Å². The van der Waals surface area contributed by atoms with Crippen LogP contribution < -0.4 is 19.3 Å². The van der Waals surface area contributed by atoms with Gasteiger partial charge in [-0.2, -0.15) is 30.5 Å². The predicted molar refractivity (Wildman–Crippen MR) is 307 cm³/mol. The highest BCUT2D eigenvalue weighted by atomic mass is 19.1. The summed E-state index contributed by atoms with van der Waals surface area (Å²) in [6.07, 6.45) is 16.5. The van der Waals surface area contributed by atoms with Crippen molar-refractivity contribution in [3.05, 3.63) is 118 Å². The van der Waals surface area contributed by atoms with E-state index < -0.39 is 17.8 Å². The Morgan fingerprint density at radius 3 is 1.84 bits per heavy atom. The number of nitrogens with zero attached hydrogens (tertiary/aromatic N) is 12. The molecule has 0 N–H and O–H groups in total. The Bertz CT molecular complexity index is 3190. The third-order valence-corrected chi connectivity index (χ3v) is 20.1. The highest BCUT2D eigenvalue weighted by molar-refractivity contribution is 5.91. The summed E-state index contributed by atoms with van der Waals surface area (Å²) in [5.74, 6) is 0.129. The minimum atomic E-state index is -1.01. The third kappa shape index (κ3) is 11.0. The van der Waals surface area contributed by atoms with Gasteiger partial charge in [-0.15, -0.1) is 0 Å². The van der Waals surface area contributed by atoms with Crippen molar-refractivity contribution in [2.75, 3.05) is 89.5 Å². The number of nitriles is 2. The van der Waals surface area contributed by atoms with Crippen LogP contribution in [0.4, 0.5) is 16.0 Å². The number of piperazine rings is 2. The second-order valence-corrected chi connectivity index (χ2v) is 25.0. The largest absolute Gasteiger partial charge is 0.462 e. The van der Waals surface area contributed by atoms with Gasteiger partial charge in [0.05, 0.1) is 48.5 Å². The summed E-state index contributed by atoms with van der Waals surface area (Å²) >= 11 is 0. The normalized spacial score (nSPS) is 27.2. The van der Waals surface area contributed by atoms with Crippen LogP contribution in [0.5, 0.6) is 12.0 Å². The van der Waals surface area contributed by atoms with E-state index in [-0.39, 0.29) is 48.2 Å². The summed E-state index contributed by atoms with van der Waals surface area (Å²) in [6.45, 7) is 12.6. The number of aromatic nitrogens is 4. The minimum Gasteiger partial charge on any atom is -0.462 e. The lowest BCUT2D eigenvalue weighted by atomic mass is 9.63. The van der Waals surface area contributed by atoms with E-state index >= 15 is 0 Å². The van der Waals surface area contributed by atoms with Crippen molar-refractivity contribution in [1.29, 1.82) is 10.5 Å². The average Bonchev–Trinajstić information content (AvgIpc) is 4.09. The van der Waals surface area contributed by atoms with Crippen LogP contribution in [0.25, 0.3) is 0 Å². The van der Waals surface area contributed by atoms with Crippen molar-refractivity contribution >= 4 is 23.5 Å². The summed E-state index contributed by atoms with van der Waals surface area (Å²) in [5.41, 5.74) is 11.7. The molecule has 16 nitrogen and oxygen atoms in total. The van der Waals surface area contributed by atoms with Gasteiger partial charge in [-0.1, -0.05) is 55.6 Å². The molecule has 0 bridgehead atoms. The number of halogens is 1. The SMILES string of the molecule is C=CC(=O)N1CCN(c2nc(OC[C@@H]3CCCN3C)nc3c2CC[C@]2(CCc4cc(C5C[C@@H](COc6nc7c(c(N8CCN(C(=O)C(=C)F)[C@@H](CC#N)C8)n6)CC[C@]6(CCc8ccccc8C6)C7)N(C)C5)ccc4C2)C3)C[C@@H]1CC#N. The van der Waals surface area contributed by atoms with Gasteiger partial charge < -0.3 is 34.0 Å². The van der Waals surface area contributed by atoms with Crippen molar-refractivity contribution in [3.8, 4) is 24.2 Å². The van der Waals surface area contributed by atoms with Crippen molar-refractivity contribution in [2.45, 2.75) is 139 Å². The smallest absolute Gasteiger partial charge is 0.318 e. The number of carbonyl (C=O) groups is 2. The number of ether oxygens (including phenoxy) is 2. The van der Waals surface area contributed by atoms with Crippen LogP contribution in [0, 0.1) is 33.5 Å². The van der Waals surface area contributed by atoms with Gasteiger partial charge in [0.15, 0.2) is 5.83 Å². The maximum atomic E-state index is 14.2. The number of benzene rings is 2. The monoisotopic (exact) mass is 1100 g/mol. The minimum absolute atomic E-state index is 0.0716. The molecule has 4 aromatic rings. The van der Waals surface area contributed by atoms with E-state index in [1.807, 2.05) is 0 Å². The fraction of sp³-hybridized carbons (Fsp3) is 0.562. The van der Waals surface area contributed by atoms with Crippen LogP contribution in [-0.4, -0.2) is 155 Å². The Morgan fingerprint density at radius 1 is 0.679 bits per heavy atom. The second-order valence-electron chi connectivity index (χ2n) is 25.0. The van der Waals surface area contributed by atoms with E-state index in [2.05, 4.69) is 101 Å². The van der Waals surface area contributed by atoms with E-state index in [1.165, 1.54) is 44.4 Å². The Labute approximate surface area is 476 Å². The van der Waals surface area contributed by atoms with Crippen LogP contribution in [-0.2, 0) is 61.0 Å². The number of fused-ring (bicyclic) bond motifs is 4. The molecule has 81 heavy (non-hydrogen) atoms. The Hall–Kier alpha value is -6.95. The van der Waals surface area contributed by atoms with E-state index in [0.717, 1.165) is 138 Å². The molecule has 0 saturated carbocycles. The molecule has 4 saturated heterocycles. The topological polar surface area (TPSA) is 171 Å². The van der Waals surface area contributed by atoms with Gasteiger partial charge in [0, 0.05) is 69.0 Å². The Balaban J connectivity index is 0.742. The van der Waals surface area contributed by atoms with E-state index in [4.69, 9.17) is 29.4 Å². The molecule has 0 radical (unpaired) electrons. The molecule has 2 aromatic carbocycles. The molecule has 6 heterocycles. The predicted octanol–water partition coefficient (Wildman–Crippen LogP) is 7.47. The maximum absolute atomic E-state index is 14.2. The third-order valence-electron chi connectivity index (χ3n) is 20.1. The molecular weight excluding hydrogens is 1020 g/mol. The fourth-order valence-electron chi connectivity index (χ4n) is 15.4. The van der Waals surface area contributed by atoms with Crippen LogP contribution in [0.3, 0.4) is 0 Å². The average molecular weight is 1100 g/mol. The van der Waals surface area contributed by atoms with Gasteiger partial charge in [-0.3, -0.25) is 14.5 Å². The molecule has 12 rings (SSSR count). The number of likely N-dealkylation sites (N-methyl/N-ethyl adjacent to an activating group) is 2. The highest BCUT2D eigenvalue weighted by Gasteiger charge is 2.44. The number of rotatable bonds is 13. The zero-order valence-electron chi connectivity index (χ0n) is 47.4. The van der Waals surface area contributed by atoms with E-state index in [9.17, 15) is 24.5 Å². The maximum Gasteiger partial charge on any atom is 0.318 e. The first-order valence-electron chi connectivity index (χ1n) is 29.8. The van der Waals surface area contributed by atoms with Crippen molar-refractivity contribution in [1.82, 2.24) is 39.5 Å². The molecule has 4 aliphatic heterocycles. The molecule has 4 aliphatic carbocycles. The summed E-state index contributed by atoms with van der Waals surface area (Å²) in [7, 11) is 4.35. The van der Waals surface area contributed by atoms with Crippen LogP contribution in [0.15, 0.2) is 67.5 Å². The zero-order valence-corrected chi connectivity index (χ0v) is 47.4. The molecule has 2 aromatic heterocycles. The summed E-state index contributed by atoms with van der Waals surface area (Å²) in [6, 6.07) is 21.1. The number of likely N-dealkylation sites (tertiary alicyclic amines) is 2. The first-order chi connectivity index (χ1) is 39.3. The zero-order chi connectivity index (χ0) is 56.0. The number of hydrogen-bond acceptors (Lipinski definition) is 14. The van der Waals surface area contributed by atoms with Crippen LogP contribution in [0.1, 0.15) is 114 Å². The molecular formula is C64H77FN12O4. The number of carbonyl (C=O) groups excluding carboxylic acids is 2. The van der Waals surface area contributed by atoms with Gasteiger partial charge in [-0.25, -0.2) is 4.39 Å². The van der Waals surface area contributed by atoms with Gasteiger partial charge in [0.2, 0.25) is 5.91 Å². The lowest BCUT2D eigenvalue weighted by Gasteiger charge is -2.44. The summed E-state index contributed by atoms with van der Waals surface area (Å²) < 4.78 is 27.4. The van der Waals surface area contributed by atoms with E-state index in [1.54, 1.807) is 4.90 Å². The molecule has 1 unspecified atom stereocenters. The van der Waals surface area contributed by atoms with Gasteiger partial charge >= 0.3 is 12.0 Å². The fourth-order valence-corrected chi connectivity index (χ4v) is 15.4. The number of anilines is 2. The van der Waals surface area contributed by atoms with Gasteiger partial charge in [0.25, 0.3) is 5.91 Å². The van der Waals surface area contributed by atoms with Crippen molar-refractivity contribution < 1.29 is 23.5 Å². The quantitative estimate of drug-likeness (QED) is 0.121. The van der Waals surface area contributed by atoms with Crippen LogP contribution in [0.2, 0.25) is 0 Å². The number of aryl methyl sites for hydroxylation is 2. The molecule has 2 spiro atoms. The van der Waals surface area contributed by atoms with Crippen LogP contribution >= 0.6 is 0 Å². The molecule has 424 valence electrons. The van der Waals surface area contributed by atoms with Crippen molar-refractivity contribution in [3.63, 3.8) is 0 Å². The molecule has 17 heteroatoms. The first-order valence-corrected chi connectivity index (χ1v) is 29.8. The molecule has 2 amide bonds. The first kappa shape index (κ1) is 54.6. The molecule has 4 fully saturated rings.